The minimum absolute atomic E-state index is 0.0302. The Kier molecular flexibility index (Phi) is 4.36. The molecule has 2 amide bonds. The van der Waals surface area contributed by atoms with Crippen LogP contribution in [-0.2, 0) is 9.59 Å². The maximum absolute atomic E-state index is 12.8. The first-order valence-electron chi connectivity index (χ1n) is 8.23. The highest BCUT2D eigenvalue weighted by Gasteiger charge is 2.48. The molecule has 1 aliphatic carbocycles. The Hall–Kier alpha value is -1.06. The fourth-order valence-electron chi connectivity index (χ4n) is 2.94. The molecule has 1 saturated heterocycles. The van der Waals surface area contributed by atoms with E-state index in [2.05, 4.69) is 33.0 Å². The molecule has 0 aromatic carbocycles. The molecule has 2 rings (SSSR count). The van der Waals surface area contributed by atoms with E-state index in [0.717, 1.165) is 12.8 Å². The number of rotatable bonds is 4. The van der Waals surface area contributed by atoms with Crippen LogP contribution in [0.1, 0.15) is 54.4 Å². The molecule has 2 aliphatic rings. The molecule has 3 unspecified atom stereocenters. The van der Waals surface area contributed by atoms with E-state index in [0.29, 0.717) is 18.4 Å². The number of amides is 2. The quantitative estimate of drug-likeness (QED) is 0.865. The highest BCUT2D eigenvalue weighted by Crippen LogP contribution is 2.36. The Balaban J connectivity index is 2.21. The maximum atomic E-state index is 12.8. The Morgan fingerprint density at radius 2 is 1.76 bits per heavy atom. The van der Waals surface area contributed by atoms with Gasteiger partial charge < -0.3 is 10.2 Å². The lowest BCUT2D eigenvalue weighted by Crippen LogP contribution is -2.66. The van der Waals surface area contributed by atoms with Gasteiger partial charge in [-0.25, -0.2) is 0 Å². The van der Waals surface area contributed by atoms with Crippen LogP contribution in [0.2, 0.25) is 0 Å². The number of hydrogen-bond acceptors (Lipinski definition) is 2. The summed E-state index contributed by atoms with van der Waals surface area (Å²) in [5.74, 6) is 1.02. The van der Waals surface area contributed by atoms with Crippen LogP contribution < -0.4 is 5.32 Å². The summed E-state index contributed by atoms with van der Waals surface area (Å²) in [4.78, 5) is 27.2. The van der Waals surface area contributed by atoms with Gasteiger partial charge >= 0.3 is 0 Å². The molecule has 1 heterocycles. The molecule has 4 nitrogen and oxygen atoms in total. The summed E-state index contributed by atoms with van der Waals surface area (Å²) in [7, 11) is 0. The van der Waals surface area contributed by atoms with Gasteiger partial charge in [-0.05, 0) is 36.0 Å². The smallest absolute Gasteiger partial charge is 0.246 e. The van der Waals surface area contributed by atoms with E-state index >= 15 is 0 Å². The fourth-order valence-corrected chi connectivity index (χ4v) is 2.94. The molecule has 1 N–H and O–H groups in total. The second-order valence-electron chi connectivity index (χ2n) is 8.27. The molecule has 0 bridgehead atoms. The van der Waals surface area contributed by atoms with Crippen LogP contribution in [-0.4, -0.2) is 35.3 Å². The highest BCUT2D eigenvalue weighted by atomic mass is 16.2. The number of carbonyl (C=O) groups is 2. The number of nitrogens with one attached hydrogen (secondary N) is 1. The van der Waals surface area contributed by atoms with Crippen molar-refractivity contribution in [3.63, 3.8) is 0 Å². The van der Waals surface area contributed by atoms with E-state index in [1.807, 2.05) is 18.7 Å². The number of carbonyl (C=O) groups excluding carboxylic acids is 2. The third-order valence-corrected chi connectivity index (χ3v) is 5.13. The first-order chi connectivity index (χ1) is 9.62. The van der Waals surface area contributed by atoms with Crippen LogP contribution in [0, 0.1) is 23.2 Å². The van der Waals surface area contributed by atoms with Crippen LogP contribution >= 0.6 is 0 Å². The van der Waals surface area contributed by atoms with Gasteiger partial charge in [-0.15, -0.1) is 0 Å². The van der Waals surface area contributed by atoms with E-state index in [9.17, 15) is 9.59 Å². The molecular weight excluding hydrogens is 264 g/mol. The van der Waals surface area contributed by atoms with Gasteiger partial charge in [0.15, 0.2) is 0 Å². The molecule has 1 aliphatic heterocycles. The average molecular weight is 294 g/mol. The average Bonchev–Trinajstić information content (AvgIpc) is 3.15. The zero-order chi connectivity index (χ0) is 15.9. The van der Waals surface area contributed by atoms with Crippen molar-refractivity contribution in [1.29, 1.82) is 0 Å². The molecule has 2 fully saturated rings. The standard InChI is InChI=1S/C17H30N2O2/c1-10(2)14-15(20)18-13(12-7-8-12)16(21)19(14)9-11(3)17(4,5)6/h10-14H,7-9H2,1-6H3,(H,18,20). The van der Waals surface area contributed by atoms with Crippen LogP contribution in [0.15, 0.2) is 0 Å². The van der Waals surface area contributed by atoms with Gasteiger partial charge in [-0.3, -0.25) is 9.59 Å². The Labute approximate surface area is 128 Å². The van der Waals surface area contributed by atoms with Crippen molar-refractivity contribution in [2.45, 2.75) is 66.5 Å². The summed E-state index contributed by atoms with van der Waals surface area (Å²) in [6.07, 6.45) is 2.12. The van der Waals surface area contributed by atoms with Gasteiger partial charge in [0.25, 0.3) is 0 Å². The zero-order valence-electron chi connectivity index (χ0n) is 14.3. The van der Waals surface area contributed by atoms with Gasteiger partial charge in [0.2, 0.25) is 11.8 Å². The van der Waals surface area contributed by atoms with Crippen molar-refractivity contribution < 1.29 is 9.59 Å². The maximum Gasteiger partial charge on any atom is 0.246 e. The van der Waals surface area contributed by atoms with Gasteiger partial charge in [0.1, 0.15) is 12.1 Å². The van der Waals surface area contributed by atoms with E-state index in [1.165, 1.54) is 0 Å². The zero-order valence-corrected chi connectivity index (χ0v) is 14.3. The summed E-state index contributed by atoms with van der Waals surface area (Å²) in [6, 6.07) is -0.600. The second-order valence-corrected chi connectivity index (χ2v) is 8.27. The third-order valence-electron chi connectivity index (χ3n) is 5.13. The van der Waals surface area contributed by atoms with Gasteiger partial charge in [0.05, 0.1) is 0 Å². The van der Waals surface area contributed by atoms with Crippen molar-refractivity contribution in [2.75, 3.05) is 6.54 Å². The first-order valence-corrected chi connectivity index (χ1v) is 8.23. The Bertz CT molecular complexity index is 421. The number of nitrogens with zero attached hydrogens (tertiary/aromatic N) is 1. The predicted octanol–water partition coefficient (Wildman–Crippen LogP) is 2.43. The van der Waals surface area contributed by atoms with Crippen molar-refractivity contribution in [1.82, 2.24) is 10.2 Å². The molecule has 0 aromatic rings. The lowest BCUT2D eigenvalue weighted by atomic mass is 9.81. The van der Waals surface area contributed by atoms with Crippen molar-refractivity contribution in [3.8, 4) is 0 Å². The minimum atomic E-state index is -0.322. The molecule has 1 saturated carbocycles. The molecule has 4 heteroatoms. The Morgan fingerprint density at radius 3 is 2.19 bits per heavy atom. The van der Waals surface area contributed by atoms with Crippen molar-refractivity contribution >= 4 is 11.8 Å². The Morgan fingerprint density at radius 1 is 1.19 bits per heavy atom. The number of hydrogen-bond donors (Lipinski definition) is 1. The van der Waals surface area contributed by atoms with Gasteiger partial charge in [-0.2, -0.15) is 0 Å². The normalized spacial score (nSPS) is 28.8. The van der Waals surface area contributed by atoms with Crippen LogP contribution in [0.4, 0.5) is 0 Å². The van der Waals surface area contributed by atoms with E-state index in [4.69, 9.17) is 0 Å². The predicted molar refractivity (Wildman–Crippen MR) is 83.6 cm³/mol. The monoisotopic (exact) mass is 294 g/mol. The lowest BCUT2D eigenvalue weighted by Gasteiger charge is -2.43. The topological polar surface area (TPSA) is 49.4 Å². The van der Waals surface area contributed by atoms with Crippen LogP contribution in [0.25, 0.3) is 0 Å². The van der Waals surface area contributed by atoms with Crippen molar-refractivity contribution in [2.24, 2.45) is 23.2 Å². The van der Waals surface area contributed by atoms with E-state index in [-0.39, 0.29) is 35.2 Å². The van der Waals surface area contributed by atoms with E-state index < -0.39 is 0 Å². The van der Waals surface area contributed by atoms with Gasteiger partial charge in [-0.1, -0.05) is 41.5 Å². The molecule has 120 valence electrons. The van der Waals surface area contributed by atoms with Crippen LogP contribution in [0.5, 0.6) is 0 Å². The highest BCUT2D eigenvalue weighted by molar-refractivity contribution is 5.97. The summed E-state index contributed by atoms with van der Waals surface area (Å²) >= 11 is 0. The summed E-state index contributed by atoms with van der Waals surface area (Å²) in [6.45, 7) is 13.4. The lowest BCUT2D eigenvalue weighted by molar-refractivity contribution is -0.153. The molecule has 21 heavy (non-hydrogen) atoms. The summed E-state index contributed by atoms with van der Waals surface area (Å²) < 4.78 is 0. The molecule has 3 atom stereocenters. The third kappa shape index (κ3) is 3.41. The molecular formula is C17H30N2O2. The minimum Gasteiger partial charge on any atom is -0.342 e. The second kappa shape index (κ2) is 5.62. The molecule has 0 spiro atoms. The molecule has 0 aromatic heterocycles. The van der Waals surface area contributed by atoms with Crippen molar-refractivity contribution in [3.05, 3.63) is 0 Å². The number of piperazine rings is 1. The summed E-state index contributed by atoms with van der Waals surface area (Å²) in [5.41, 5.74) is 0.130. The largest absolute Gasteiger partial charge is 0.342 e. The van der Waals surface area contributed by atoms with E-state index in [1.54, 1.807) is 0 Å². The first kappa shape index (κ1) is 16.3. The SMILES string of the molecule is CC(C)C1C(=O)NC(C2CC2)C(=O)N1CC(C)C(C)(C)C. The fraction of sp³-hybridized carbons (Fsp3) is 0.882. The van der Waals surface area contributed by atoms with Crippen LogP contribution in [0.3, 0.4) is 0 Å². The van der Waals surface area contributed by atoms with Gasteiger partial charge in [0, 0.05) is 6.54 Å². The summed E-state index contributed by atoms with van der Waals surface area (Å²) in [5, 5.41) is 2.97. The molecule has 0 radical (unpaired) electrons.